The fraction of sp³-hybridized carbons (Fsp3) is 0.294. The number of sulfone groups is 1. The van der Waals surface area contributed by atoms with Crippen molar-refractivity contribution >= 4 is 21.4 Å². The minimum absolute atomic E-state index is 0.000735. The Balaban J connectivity index is 1.82. The number of halogens is 1. The van der Waals surface area contributed by atoms with Crippen LogP contribution in [-0.4, -0.2) is 21.6 Å². The lowest BCUT2D eigenvalue weighted by Gasteiger charge is -2.20. The lowest BCUT2D eigenvalue weighted by atomic mass is 10.2. The zero-order valence-corrected chi connectivity index (χ0v) is 14.3. The first-order valence-corrected chi connectivity index (χ1v) is 9.47. The highest BCUT2D eigenvalue weighted by Gasteiger charge is 2.20. The van der Waals surface area contributed by atoms with Gasteiger partial charge < -0.3 is 9.47 Å². The highest BCUT2D eigenvalue weighted by atomic mass is 35.5. The molecule has 122 valence electrons. The number of hydrogen-bond acceptors (Lipinski definition) is 4. The summed E-state index contributed by atoms with van der Waals surface area (Å²) in [6.07, 6.45) is 0. The van der Waals surface area contributed by atoms with Gasteiger partial charge in [-0.25, -0.2) is 8.42 Å². The Labute approximate surface area is 140 Å². The topological polar surface area (TPSA) is 52.6 Å². The summed E-state index contributed by atoms with van der Waals surface area (Å²) in [7, 11) is -3.30. The van der Waals surface area contributed by atoms with E-state index >= 15 is 0 Å². The molecule has 1 aliphatic rings. The smallest absolute Gasteiger partial charge is 0.179 e. The van der Waals surface area contributed by atoms with E-state index in [1.807, 2.05) is 31.2 Å². The van der Waals surface area contributed by atoms with E-state index < -0.39 is 9.84 Å². The molecule has 4 nitrogen and oxygen atoms in total. The Morgan fingerprint density at radius 1 is 1.04 bits per heavy atom. The third-order valence-electron chi connectivity index (χ3n) is 3.51. The van der Waals surface area contributed by atoms with Crippen molar-refractivity contribution in [3.63, 3.8) is 0 Å². The first-order valence-electron chi connectivity index (χ1n) is 7.27. The summed E-state index contributed by atoms with van der Waals surface area (Å²) in [4.78, 5) is 0. The van der Waals surface area contributed by atoms with Crippen LogP contribution >= 0.6 is 11.6 Å². The molecule has 0 bridgehead atoms. The van der Waals surface area contributed by atoms with Gasteiger partial charge in [0.2, 0.25) is 0 Å². The second-order valence-corrected chi connectivity index (χ2v) is 8.09. The molecule has 0 unspecified atom stereocenters. The van der Waals surface area contributed by atoms with E-state index in [2.05, 4.69) is 0 Å². The Kier molecular flexibility index (Phi) is 4.50. The highest BCUT2D eigenvalue weighted by molar-refractivity contribution is 7.89. The fourth-order valence-corrected chi connectivity index (χ4v) is 4.36. The molecule has 0 atom stereocenters. The maximum Gasteiger partial charge on any atom is 0.179 e. The average molecular weight is 353 g/mol. The Morgan fingerprint density at radius 2 is 1.78 bits per heavy atom. The lowest BCUT2D eigenvalue weighted by molar-refractivity contribution is 0.171. The van der Waals surface area contributed by atoms with Crippen LogP contribution in [0, 0.1) is 6.92 Å². The summed E-state index contributed by atoms with van der Waals surface area (Å²) in [5, 5.41) is 0.378. The molecule has 1 heterocycles. The van der Waals surface area contributed by atoms with E-state index in [1.165, 1.54) is 0 Å². The van der Waals surface area contributed by atoms with Gasteiger partial charge in [-0.15, -0.1) is 0 Å². The molecule has 0 saturated heterocycles. The molecule has 2 aromatic carbocycles. The third kappa shape index (κ3) is 3.98. The average Bonchev–Trinajstić information content (AvgIpc) is 2.46. The second kappa shape index (κ2) is 6.42. The van der Waals surface area contributed by atoms with E-state index in [0.29, 0.717) is 35.3 Å². The summed E-state index contributed by atoms with van der Waals surface area (Å²) in [5.41, 5.74) is 2.43. The summed E-state index contributed by atoms with van der Waals surface area (Å²) < 4.78 is 35.8. The van der Waals surface area contributed by atoms with Crippen molar-refractivity contribution in [1.29, 1.82) is 0 Å². The van der Waals surface area contributed by atoms with E-state index in [0.717, 1.165) is 11.1 Å². The molecule has 0 N–H and O–H groups in total. The van der Waals surface area contributed by atoms with Crippen molar-refractivity contribution in [1.82, 2.24) is 0 Å². The number of ether oxygens (including phenoxy) is 2. The van der Waals surface area contributed by atoms with Crippen molar-refractivity contribution in [3.05, 3.63) is 58.1 Å². The molecule has 3 rings (SSSR count). The number of hydrogen-bond donors (Lipinski definition) is 0. The SMILES string of the molecule is Cc1cccc(CS(=O)(=O)Cc2cc(Cl)c3c(c2)OCCO3)c1. The maximum absolute atomic E-state index is 12.4. The Morgan fingerprint density at radius 3 is 2.57 bits per heavy atom. The highest BCUT2D eigenvalue weighted by Crippen LogP contribution is 2.38. The van der Waals surface area contributed by atoms with Gasteiger partial charge in [0, 0.05) is 0 Å². The molecule has 0 fully saturated rings. The zero-order chi connectivity index (χ0) is 16.4. The normalized spacial score (nSPS) is 13.8. The molecule has 1 aliphatic heterocycles. The van der Waals surface area contributed by atoms with Crippen LogP contribution in [0.5, 0.6) is 11.5 Å². The van der Waals surface area contributed by atoms with Gasteiger partial charge in [0.15, 0.2) is 21.3 Å². The van der Waals surface area contributed by atoms with Gasteiger partial charge in [-0.1, -0.05) is 41.4 Å². The van der Waals surface area contributed by atoms with Crippen LogP contribution in [0.25, 0.3) is 0 Å². The zero-order valence-electron chi connectivity index (χ0n) is 12.7. The van der Waals surface area contributed by atoms with Crippen LogP contribution in [0.15, 0.2) is 36.4 Å². The molecule has 23 heavy (non-hydrogen) atoms. The number of benzene rings is 2. The minimum Gasteiger partial charge on any atom is -0.486 e. The van der Waals surface area contributed by atoms with Crippen LogP contribution in [0.3, 0.4) is 0 Å². The van der Waals surface area contributed by atoms with Crippen LogP contribution in [0.1, 0.15) is 16.7 Å². The van der Waals surface area contributed by atoms with Gasteiger partial charge >= 0.3 is 0 Å². The van der Waals surface area contributed by atoms with Crippen molar-refractivity contribution in [2.75, 3.05) is 13.2 Å². The largest absolute Gasteiger partial charge is 0.486 e. The molecule has 6 heteroatoms. The van der Waals surface area contributed by atoms with E-state index in [4.69, 9.17) is 21.1 Å². The predicted molar refractivity (Wildman–Crippen MR) is 89.9 cm³/mol. The quantitative estimate of drug-likeness (QED) is 0.844. The first-order chi connectivity index (χ1) is 10.9. The fourth-order valence-electron chi connectivity index (χ4n) is 2.61. The monoisotopic (exact) mass is 352 g/mol. The maximum atomic E-state index is 12.4. The molecule has 0 radical (unpaired) electrons. The molecular formula is C17H17ClO4S. The van der Waals surface area contributed by atoms with Crippen molar-refractivity contribution < 1.29 is 17.9 Å². The summed E-state index contributed by atoms with van der Waals surface area (Å²) >= 11 is 6.16. The Hall–Kier alpha value is -1.72. The van der Waals surface area contributed by atoms with Crippen molar-refractivity contribution in [2.24, 2.45) is 0 Å². The van der Waals surface area contributed by atoms with Gasteiger partial charge in [-0.2, -0.15) is 0 Å². The van der Waals surface area contributed by atoms with E-state index in [9.17, 15) is 8.42 Å². The summed E-state index contributed by atoms with van der Waals surface area (Å²) in [6, 6.07) is 10.8. The lowest BCUT2D eigenvalue weighted by Crippen LogP contribution is -2.16. The second-order valence-electron chi connectivity index (χ2n) is 5.62. The summed E-state index contributed by atoms with van der Waals surface area (Å²) in [6.45, 7) is 2.82. The first kappa shape index (κ1) is 16.1. The summed E-state index contributed by atoms with van der Waals surface area (Å²) in [5.74, 6) is 0.903. The molecule has 0 aliphatic carbocycles. The third-order valence-corrected chi connectivity index (χ3v) is 5.34. The molecule has 0 aromatic heterocycles. The molecule has 2 aromatic rings. The number of aryl methyl sites for hydroxylation is 1. The number of fused-ring (bicyclic) bond motifs is 1. The molecule has 0 amide bonds. The molecular weight excluding hydrogens is 336 g/mol. The van der Waals surface area contributed by atoms with Gasteiger partial charge in [0.05, 0.1) is 16.5 Å². The van der Waals surface area contributed by atoms with Crippen LogP contribution in [0.2, 0.25) is 5.02 Å². The van der Waals surface area contributed by atoms with Crippen molar-refractivity contribution in [3.8, 4) is 11.5 Å². The molecule has 0 spiro atoms. The van der Waals surface area contributed by atoms with Gasteiger partial charge in [0.1, 0.15) is 13.2 Å². The van der Waals surface area contributed by atoms with Gasteiger partial charge in [0.25, 0.3) is 0 Å². The van der Waals surface area contributed by atoms with Crippen molar-refractivity contribution in [2.45, 2.75) is 18.4 Å². The van der Waals surface area contributed by atoms with Gasteiger partial charge in [-0.3, -0.25) is 0 Å². The number of rotatable bonds is 4. The van der Waals surface area contributed by atoms with Gasteiger partial charge in [-0.05, 0) is 30.2 Å². The minimum atomic E-state index is -3.30. The van der Waals surface area contributed by atoms with Crippen LogP contribution in [0.4, 0.5) is 0 Å². The van der Waals surface area contributed by atoms with Crippen LogP contribution in [-0.2, 0) is 21.3 Å². The molecule has 0 saturated carbocycles. The predicted octanol–water partition coefficient (Wildman–Crippen LogP) is 3.53. The standard InChI is InChI=1S/C17H17ClO4S/c1-12-3-2-4-13(7-12)10-23(19,20)11-14-8-15(18)17-16(9-14)21-5-6-22-17/h2-4,7-9H,5-6,10-11H2,1H3. The van der Waals surface area contributed by atoms with E-state index in [-0.39, 0.29) is 11.5 Å². The van der Waals surface area contributed by atoms with E-state index in [1.54, 1.807) is 12.1 Å². The van der Waals surface area contributed by atoms with Crippen LogP contribution < -0.4 is 9.47 Å². The Bertz CT molecular complexity index is 830.